The fourth-order valence-electron chi connectivity index (χ4n) is 5.44. The van der Waals surface area contributed by atoms with Crippen LogP contribution in [0.2, 0.25) is 0 Å². The Kier molecular flexibility index (Phi) is 7.22. The van der Waals surface area contributed by atoms with Crippen molar-refractivity contribution < 1.29 is 4.79 Å². The third-order valence-corrected chi connectivity index (χ3v) is 7.29. The molecule has 3 heteroatoms. The van der Waals surface area contributed by atoms with Gasteiger partial charge in [0.1, 0.15) is 6.29 Å². The van der Waals surface area contributed by atoms with Gasteiger partial charge in [0.2, 0.25) is 0 Å². The van der Waals surface area contributed by atoms with Gasteiger partial charge in [0, 0.05) is 32.0 Å². The molecule has 0 aromatic heterocycles. The van der Waals surface area contributed by atoms with Crippen molar-refractivity contribution in [3.8, 4) is 0 Å². The summed E-state index contributed by atoms with van der Waals surface area (Å²) in [5.74, 6) is 2.39. The Morgan fingerprint density at radius 2 is 2.10 bits per heavy atom. The second kappa shape index (κ2) is 10.3. The summed E-state index contributed by atoms with van der Waals surface area (Å²) >= 11 is 0. The van der Waals surface area contributed by atoms with Gasteiger partial charge in [-0.25, -0.2) is 0 Å². The number of allylic oxidation sites excluding steroid dienone is 4. The monoisotopic (exact) mass is 404 g/mol. The molecule has 4 atom stereocenters. The molecule has 4 rings (SSSR count). The first-order valence-corrected chi connectivity index (χ1v) is 11.7. The van der Waals surface area contributed by atoms with Gasteiger partial charge in [0.25, 0.3) is 0 Å². The minimum atomic E-state index is 0.516. The number of likely N-dealkylation sites (tertiary alicyclic amines) is 1. The normalized spacial score (nSPS) is 28.9. The smallest absolute Gasteiger partial charge is 0.119 e. The van der Waals surface area contributed by atoms with Crippen molar-refractivity contribution in [3.05, 3.63) is 71.5 Å². The topological polar surface area (TPSA) is 32.3 Å². The molecule has 160 valence electrons. The molecule has 1 N–H and O–H groups in total. The molecular weight excluding hydrogens is 368 g/mol. The summed E-state index contributed by atoms with van der Waals surface area (Å²) in [6, 6.07) is 8.78. The maximum Gasteiger partial charge on any atom is 0.119 e. The van der Waals surface area contributed by atoms with Crippen LogP contribution in [0.1, 0.15) is 43.2 Å². The van der Waals surface area contributed by atoms with E-state index in [0.29, 0.717) is 30.1 Å². The minimum Gasteiger partial charge on any atom is -0.391 e. The second-order valence-corrected chi connectivity index (χ2v) is 9.28. The third kappa shape index (κ3) is 5.13. The van der Waals surface area contributed by atoms with Crippen LogP contribution in [0.4, 0.5) is 0 Å². The van der Waals surface area contributed by atoms with Gasteiger partial charge < -0.3 is 10.1 Å². The van der Waals surface area contributed by atoms with Crippen molar-refractivity contribution in [1.82, 2.24) is 10.2 Å². The van der Waals surface area contributed by atoms with Crippen molar-refractivity contribution in [3.63, 3.8) is 0 Å². The lowest BCUT2D eigenvalue weighted by Gasteiger charge is -2.41. The molecule has 2 aliphatic heterocycles. The fraction of sp³-hybridized carbons (Fsp3) is 0.519. The number of nitrogens with one attached hydrogen (secondary N) is 1. The molecule has 0 radical (unpaired) electrons. The van der Waals surface area contributed by atoms with Gasteiger partial charge in [-0.15, -0.1) is 0 Å². The lowest BCUT2D eigenvalue weighted by molar-refractivity contribution is -0.108. The van der Waals surface area contributed by atoms with Crippen LogP contribution in [0.15, 0.2) is 60.3 Å². The summed E-state index contributed by atoms with van der Waals surface area (Å²) in [7, 11) is 0. The molecule has 0 saturated carbocycles. The van der Waals surface area contributed by atoms with Crippen molar-refractivity contribution in [2.45, 2.75) is 45.6 Å². The number of piperidine rings is 1. The molecule has 30 heavy (non-hydrogen) atoms. The Hall–Kier alpha value is -2.13. The molecule has 1 aromatic carbocycles. The van der Waals surface area contributed by atoms with E-state index in [9.17, 15) is 4.79 Å². The molecule has 2 heterocycles. The molecule has 3 aliphatic rings. The Balaban J connectivity index is 1.51. The lowest BCUT2D eigenvalue weighted by Crippen LogP contribution is -2.41. The molecule has 3 nitrogen and oxygen atoms in total. The molecule has 1 fully saturated rings. The summed E-state index contributed by atoms with van der Waals surface area (Å²) < 4.78 is 0. The van der Waals surface area contributed by atoms with E-state index in [1.807, 2.05) is 0 Å². The van der Waals surface area contributed by atoms with Crippen LogP contribution in [0.3, 0.4) is 0 Å². The SMILES string of the molecule is Cc1ccccc1CN1CCC(CCCC=O)C(C2=CC3C=CNCCC3C=C2)C1. The number of hydrogen-bond acceptors (Lipinski definition) is 3. The average Bonchev–Trinajstić information content (AvgIpc) is 3.01. The van der Waals surface area contributed by atoms with E-state index in [0.717, 1.165) is 45.3 Å². The first kappa shape index (κ1) is 21.1. The quantitative estimate of drug-likeness (QED) is 0.510. The highest BCUT2D eigenvalue weighted by Gasteiger charge is 2.33. The molecule has 1 saturated heterocycles. The molecule has 0 bridgehead atoms. The number of rotatable bonds is 7. The second-order valence-electron chi connectivity index (χ2n) is 9.28. The van der Waals surface area contributed by atoms with E-state index in [1.54, 1.807) is 0 Å². The van der Waals surface area contributed by atoms with Gasteiger partial charge in [-0.05, 0) is 79.8 Å². The number of carbonyl (C=O) groups is 1. The van der Waals surface area contributed by atoms with Crippen molar-refractivity contribution in [2.24, 2.45) is 23.7 Å². The zero-order valence-corrected chi connectivity index (χ0v) is 18.3. The van der Waals surface area contributed by atoms with Gasteiger partial charge in [-0.1, -0.05) is 48.6 Å². The standard InChI is InChI=1S/C27H36N2O/c1-21-6-2-3-8-26(21)19-29-16-13-23(7-4-5-17-30)27(20-29)25-10-9-22-11-14-28-15-12-24(22)18-25/h2-3,6,8-10,12,15,17-18,22-24,27-28H,4-5,7,11,13-14,16,19-20H2,1H3. The van der Waals surface area contributed by atoms with Gasteiger partial charge in [-0.3, -0.25) is 4.90 Å². The third-order valence-electron chi connectivity index (χ3n) is 7.29. The zero-order chi connectivity index (χ0) is 20.8. The lowest BCUT2D eigenvalue weighted by atomic mass is 9.73. The number of carbonyl (C=O) groups excluding carboxylic acids is 1. The van der Waals surface area contributed by atoms with Gasteiger partial charge >= 0.3 is 0 Å². The maximum absolute atomic E-state index is 10.9. The van der Waals surface area contributed by atoms with Crippen LogP contribution in [-0.4, -0.2) is 30.8 Å². The largest absolute Gasteiger partial charge is 0.391 e. The first-order valence-electron chi connectivity index (χ1n) is 11.7. The molecule has 0 spiro atoms. The predicted octanol–water partition coefficient (Wildman–Crippen LogP) is 5.04. The zero-order valence-electron chi connectivity index (χ0n) is 18.3. The number of benzene rings is 1. The highest BCUT2D eigenvalue weighted by atomic mass is 16.1. The Labute approximate surface area is 181 Å². The first-order chi connectivity index (χ1) is 14.7. The predicted molar refractivity (Wildman–Crippen MR) is 124 cm³/mol. The van der Waals surface area contributed by atoms with Crippen LogP contribution >= 0.6 is 0 Å². The number of hydrogen-bond donors (Lipinski definition) is 1. The molecule has 1 aliphatic carbocycles. The average molecular weight is 405 g/mol. The Morgan fingerprint density at radius 1 is 1.20 bits per heavy atom. The van der Waals surface area contributed by atoms with E-state index in [2.05, 4.69) is 71.9 Å². The number of nitrogens with zero attached hydrogens (tertiary/aromatic N) is 1. The van der Waals surface area contributed by atoms with E-state index >= 15 is 0 Å². The molecule has 1 aromatic rings. The van der Waals surface area contributed by atoms with Crippen molar-refractivity contribution in [1.29, 1.82) is 0 Å². The summed E-state index contributed by atoms with van der Waals surface area (Å²) in [6.45, 7) is 6.60. The minimum absolute atomic E-state index is 0.516. The van der Waals surface area contributed by atoms with Crippen LogP contribution in [0.5, 0.6) is 0 Å². The highest BCUT2D eigenvalue weighted by Crippen LogP contribution is 2.38. The van der Waals surface area contributed by atoms with E-state index < -0.39 is 0 Å². The Bertz CT molecular complexity index is 809. The number of aldehydes is 1. The van der Waals surface area contributed by atoms with Gasteiger partial charge in [0.15, 0.2) is 0 Å². The summed E-state index contributed by atoms with van der Waals surface area (Å²) in [5.41, 5.74) is 4.35. The summed E-state index contributed by atoms with van der Waals surface area (Å²) in [6.07, 6.45) is 18.3. The van der Waals surface area contributed by atoms with Crippen LogP contribution < -0.4 is 5.32 Å². The number of fused-ring (bicyclic) bond motifs is 1. The molecular formula is C27H36N2O. The Morgan fingerprint density at radius 3 is 2.97 bits per heavy atom. The van der Waals surface area contributed by atoms with Crippen LogP contribution in [-0.2, 0) is 11.3 Å². The fourth-order valence-corrected chi connectivity index (χ4v) is 5.44. The van der Waals surface area contributed by atoms with E-state index in [4.69, 9.17) is 0 Å². The molecule has 0 amide bonds. The van der Waals surface area contributed by atoms with Crippen molar-refractivity contribution >= 4 is 6.29 Å². The van der Waals surface area contributed by atoms with Crippen LogP contribution in [0, 0.1) is 30.6 Å². The van der Waals surface area contributed by atoms with Crippen molar-refractivity contribution in [2.75, 3.05) is 19.6 Å². The van der Waals surface area contributed by atoms with E-state index in [1.165, 1.54) is 29.5 Å². The van der Waals surface area contributed by atoms with E-state index in [-0.39, 0.29) is 0 Å². The highest BCUT2D eigenvalue weighted by molar-refractivity contribution is 5.49. The summed E-state index contributed by atoms with van der Waals surface area (Å²) in [5, 5.41) is 3.40. The summed E-state index contributed by atoms with van der Waals surface area (Å²) in [4.78, 5) is 13.5. The maximum atomic E-state index is 10.9. The van der Waals surface area contributed by atoms with Crippen LogP contribution in [0.25, 0.3) is 0 Å². The number of unbranched alkanes of at least 4 members (excludes halogenated alkanes) is 1. The van der Waals surface area contributed by atoms with Gasteiger partial charge in [0.05, 0.1) is 0 Å². The molecule has 4 unspecified atom stereocenters. The number of aryl methyl sites for hydroxylation is 1. The van der Waals surface area contributed by atoms with Gasteiger partial charge in [-0.2, -0.15) is 0 Å².